The summed E-state index contributed by atoms with van der Waals surface area (Å²) in [6, 6.07) is -0.763. The van der Waals surface area contributed by atoms with Crippen LogP contribution in [0.2, 0.25) is 10.0 Å². The molecule has 10 heteroatoms. The number of alkyl halides is 2. The van der Waals surface area contributed by atoms with Crippen LogP contribution in [0.1, 0.15) is 30.8 Å². The number of hydrogen-bond donors (Lipinski definition) is 1. The zero-order chi connectivity index (χ0) is 17.1. The zero-order valence-electron chi connectivity index (χ0n) is 12.4. The lowest BCUT2D eigenvalue weighted by atomic mass is 10.3. The Balaban J connectivity index is 1.98. The van der Waals surface area contributed by atoms with Crippen molar-refractivity contribution in [2.45, 2.75) is 32.9 Å². The molecule has 0 aromatic carbocycles. The van der Waals surface area contributed by atoms with Gasteiger partial charge < -0.3 is 5.32 Å². The summed E-state index contributed by atoms with van der Waals surface area (Å²) in [5, 5.41) is 10.8. The highest BCUT2D eigenvalue weighted by Crippen LogP contribution is 2.30. The first-order valence-electron chi connectivity index (χ1n) is 6.79. The molecule has 0 spiro atoms. The average Bonchev–Trinajstić information content (AvgIpc) is 3.03. The summed E-state index contributed by atoms with van der Waals surface area (Å²) in [7, 11) is 0. The fourth-order valence-corrected chi connectivity index (χ4v) is 2.41. The van der Waals surface area contributed by atoms with Gasteiger partial charge in [-0.3, -0.25) is 14.2 Å². The van der Waals surface area contributed by atoms with Crippen molar-refractivity contribution in [2.75, 3.05) is 6.54 Å². The minimum atomic E-state index is -2.79. The fraction of sp³-hybridized carbons (Fsp3) is 0.462. The standard InChI is InChI=1S/C13H15Cl2F2N5O/c1-7-10(15)11(12(16)17)20-22(7)8(2)13(23)18-3-4-21-6-9(14)5-19-21/h5-6,8,12H,3-4H2,1-2H3,(H,18,23). The molecule has 1 N–H and O–H groups in total. The predicted octanol–water partition coefficient (Wildman–Crippen LogP) is 3.01. The Labute approximate surface area is 141 Å². The van der Waals surface area contributed by atoms with Crippen LogP contribution in [-0.4, -0.2) is 32.0 Å². The smallest absolute Gasteiger partial charge is 0.283 e. The van der Waals surface area contributed by atoms with Crippen molar-refractivity contribution in [3.63, 3.8) is 0 Å². The van der Waals surface area contributed by atoms with Gasteiger partial charge >= 0.3 is 0 Å². The molecular formula is C13H15Cl2F2N5O. The van der Waals surface area contributed by atoms with Gasteiger partial charge in [0.1, 0.15) is 11.7 Å². The van der Waals surface area contributed by atoms with Gasteiger partial charge in [-0.1, -0.05) is 23.2 Å². The Kier molecular flexibility index (Phi) is 5.59. The molecule has 0 aliphatic carbocycles. The van der Waals surface area contributed by atoms with E-state index < -0.39 is 18.2 Å². The van der Waals surface area contributed by atoms with E-state index in [4.69, 9.17) is 23.2 Å². The van der Waals surface area contributed by atoms with Crippen molar-refractivity contribution in [1.29, 1.82) is 0 Å². The zero-order valence-corrected chi connectivity index (χ0v) is 13.9. The monoisotopic (exact) mass is 365 g/mol. The molecule has 0 saturated heterocycles. The van der Waals surface area contributed by atoms with E-state index in [1.165, 1.54) is 17.8 Å². The van der Waals surface area contributed by atoms with Gasteiger partial charge in [-0.05, 0) is 13.8 Å². The first kappa shape index (κ1) is 17.7. The summed E-state index contributed by atoms with van der Waals surface area (Å²) in [6.45, 7) is 3.85. The van der Waals surface area contributed by atoms with E-state index in [-0.39, 0.29) is 10.9 Å². The van der Waals surface area contributed by atoms with Gasteiger partial charge in [-0.2, -0.15) is 10.2 Å². The molecule has 1 atom stereocenters. The SMILES string of the molecule is Cc1c(Cl)c(C(F)F)nn1C(C)C(=O)NCCn1cc(Cl)cn1. The number of nitrogens with zero attached hydrogens (tertiary/aromatic N) is 4. The number of hydrogen-bond acceptors (Lipinski definition) is 3. The van der Waals surface area contributed by atoms with Crippen molar-refractivity contribution in [3.8, 4) is 0 Å². The van der Waals surface area contributed by atoms with Gasteiger partial charge in [0, 0.05) is 12.7 Å². The maximum atomic E-state index is 12.8. The third-order valence-electron chi connectivity index (χ3n) is 3.30. The third kappa shape index (κ3) is 4.00. The van der Waals surface area contributed by atoms with Gasteiger partial charge in [-0.15, -0.1) is 0 Å². The number of amides is 1. The van der Waals surface area contributed by atoms with E-state index in [1.807, 2.05) is 0 Å². The molecule has 2 heterocycles. The molecule has 1 amide bonds. The van der Waals surface area contributed by atoms with Crippen LogP contribution >= 0.6 is 23.2 Å². The largest absolute Gasteiger partial charge is 0.352 e. The fourth-order valence-electron chi connectivity index (χ4n) is 2.05. The molecule has 0 bridgehead atoms. The Morgan fingerprint density at radius 1 is 1.43 bits per heavy atom. The minimum Gasteiger partial charge on any atom is -0.352 e. The summed E-state index contributed by atoms with van der Waals surface area (Å²) < 4.78 is 28.4. The van der Waals surface area contributed by atoms with Crippen molar-refractivity contribution in [2.24, 2.45) is 0 Å². The van der Waals surface area contributed by atoms with Crippen LogP contribution in [0.3, 0.4) is 0 Å². The van der Waals surface area contributed by atoms with Crippen LogP contribution < -0.4 is 5.32 Å². The molecular weight excluding hydrogens is 351 g/mol. The highest BCUT2D eigenvalue weighted by molar-refractivity contribution is 6.32. The normalized spacial score (nSPS) is 12.7. The molecule has 0 aliphatic rings. The van der Waals surface area contributed by atoms with E-state index in [9.17, 15) is 13.6 Å². The van der Waals surface area contributed by atoms with Crippen LogP contribution in [0.15, 0.2) is 12.4 Å². The number of aromatic nitrogens is 4. The lowest BCUT2D eigenvalue weighted by molar-refractivity contribution is -0.124. The Bertz CT molecular complexity index is 701. The number of nitrogens with one attached hydrogen (secondary N) is 1. The number of rotatable bonds is 6. The minimum absolute atomic E-state index is 0.120. The molecule has 1 unspecified atom stereocenters. The van der Waals surface area contributed by atoms with Crippen molar-refractivity contribution < 1.29 is 13.6 Å². The maximum absolute atomic E-state index is 12.8. The molecule has 0 aliphatic heterocycles. The molecule has 2 rings (SSSR count). The summed E-state index contributed by atoms with van der Waals surface area (Å²) in [5.74, 6) is -0.355. The molecule has 126 valence electrons. The van der Waals surface area contributed by atoms with Crippen molar-refractivity contribution in [1.82, 2.24) is 24.9 Å². The molecule has 0 fully saturated rings. The molecule has 0 saturated carbocycles. The average molecular weight is 366 g/mol. The highest BCUT2D eigenvalue weighted by Gasteiger charge is 2.25. The molecule has 2 aromatic heterocycles. The molecule has 6 nitrogen and oxygen atoms in total. The number of carbonyl (C=O) groups is 1. The maximum Gasteiger partial charge on any atom is 0.283 e. The summed E-state index contributed by atoms with van der Waals surface area (Å²) in [4.78, 5) is 12.1. The van der Waals surface area contributed by atoms with Gasteiger partial charge in [0.05, 0.1) is 28.5 Å². The highest BCUT2D eigenvalue weighted by atomic mass is 35.5. The van der Waals surface area contributed by atoms with Crippen LogP contribution in [0, 0.1) is 6.92 Å². The second kappa shape index (κ2) is 7.27. The van der Waals surface area contributed by atoms with E-state index in [1.54, 1.807) is 17.8 Å². The van der Waals surface area contributed by atoms with Crippen molar-refractivity contribution in [3.05, 3.63) is 33.8 Å². The lowest BCUT2D eigenvalue weighted by Gasteiger charge is -2.14. The quantitative estimate of drug-likeness (QED) is 0.855. The lowest BCUT2D eigenvalue weighted by Crippen LogP contribution is -2.34. The second-order valence-electron chi connectivity index (χ2n) is 4.92. The predicted molar refractivity (Wildman–Crippen MR) is 81.9 cm³/mol. The molecule has 23 heavy (non-hydrogen) atoms. The van der Waals surface area contributed by atoms with Crippen LogP contribution in [0.25, 0.3) is 0 Å². The van der Waals surface area contributed by atoms with E-state index >= 15 is 0 Å². The Morgan fingerprint density at radius 3 is 2.65 bits per heavy atom. The Morgan fingerprint density at radius 2 is 2.13 bits per heavy atom. The van der Waals surface area contributed by atoms with Crippen molar-refractivity contribution >= 4 is 29.1 Å². The first-order chi connectivity index (χ1) is 10.8. The van der Waals surface area contributed by atoms with Gasteiger partial charge in [0.2, 0.25) is 5.91 Å². The second-order valence-corrected chi connectivity index (χ2v) is 5.73. The summed E-state index contributed by atoms with van der Waals surface area (Å²) in [6.07, 6.45) is 0.332. The molecule has 0 radical (unpaired) electrons. The number of carbonyl (C=O) groups excluding carboxylic acids is 1. The van der Waals surface area contributed by atoms with Gasteiger partial charge in [0.25, 0.3) is 6.43 Å². The number of halogens is 4. The summed E-state index contributed by atoms with van der Waals surface area (Å²) in [5.41, 5.74) is -0.196. The topological polar surface area (TPSA) is 64.7 Å². The van der Waals surface area contributed by atoms with Gasteiger partial charge in [0.15, 0.2) is 0 Å². The third-order valence-corrected chi connectivity index (χ3v) is 3.96. The van der Waals surface area contributed by atoms with E-state index in [0.29, 0.717) is 23.8 Å². The van der Waals surface area contributed by atoms with Crippen LogP contribution in [0.4, 0.5) is 8.78 Å². The van der Waals surface area contributed by atoms with E-state index in [2.05, 4.69) is 15.5 Å². The molecule has 2 aromatic rings. The van der Waals surface area contributed by atoms with Crippen LogP contribution in [0.5, 0.6) is 0 Å². The summed E-state index contributed by atoms with van der Waals surface area (Å²) >= 11 is 11.6. The Hall–Kier alpha value is -1.67. The van der Waals surface area contributed by atoms with Crippen LogP contribution in [-0.2, 0) is 11.3 Å². The van der Waals surface area contributed by atoms with Gasteiger partial charge in [-0.25, -0.2) is 8.78 Å². The van der Waals surface area contributed by atoms with E-state index in [0.717, 1.165) is 0 Å². The first-order valence-corrected chi connectivity index (χ1v) is 7.55.